The maximum absolute atomic E-state index is 12.9. The molecule has 0 saturated carbocycles. The van der Waals surface area contributed by atoms with E-state index in [1.165, 1.54) is 12.1 Å². The summed E-state index contributed by atoms with van der Waals surface area (Å²) in [5.41, 5.74) is 3.24. The van der Waals surface area contributed by atoms with Crippen LogP contribution in [0.25, 0.3) is 11.5 Å². The Morgan fingerprint density at radius 2 is 1.92 bits per heavy atom. The Morgan fingerprint density at radius 1 is 1.17 bits per heavy atom. The van der Waals surface area contributed by atoms with Crippen LogP contribution in [0.15, 0.2) is 47.0 Å². The number of nitrogens with zero attached hydrogens (tertiary/aromatic N) is 2. The molecule has 0 fully saturated rings. The van der Waals surface area contributed by atoms with Crippen molar-refractivity contribution in [3.63, 3.8) is 0 Å². The Morgan fingerprint density at radius 3 is 2.67 bits per heavy atom. The second kappa shape index (κ2) is 6.62. The first kappa shape index (κ1) is 15.9. The molecule has 1 aromatic heterocycles. The molecule has 0 atom stereocenters. The number of carbonyl (C=O) groups is 1. The average Bonchev–Trinajstić information content (AvgIpc) is 3.05. The van der Waals surface area contributed by atoms with Gasteiger partial charge in [-0.1, -0.05) is 17.3 Å². The zero-order valence-corrected chi connectivity index (χ0v) is 13.3. The van der Waals surface area contributed by atoms with E-state index in [-0.39, 0.29) is 24.2 Å². The summed E-state index contributed by atoms with van der Waals surface area (Å²) in [6.45, 7) is 4.02. The first-order valence-corrected chi connectivity index (χ1v) is 7.47. The molecule has 0 aliphatic rings. The highest BCUT2D eigenvalue weighted by atomic mass is 19.1. The van der Waals surface area contributed by atoms with Crippen molar-refractivity contribution in [3.05, 3.63) is 70.8 Å². The molecule has 6 heteroatoms. The van der Waals surface area contributed by atoms with Gasteiger partial charge in [0.25, 0.3) is 11.8 Å². The van der Waals surface area contributed by atoms with E-state index in [9.17, 15) is 9.18 Å². The fraction of sp³-hybridized carbons (Fsp3) is 0.167. The SMILES string of the molecule is Cc1cccc(C(=O)NCc2noc(-c3ccc(F)cc3)n2)c1C. The van der Waals surface area contributed by atoms with Gasteiger partial charge in [0.1, 0.15) is 5.82 Å². The van der Waals surface area contributed by atoms with Crippen LogP contribution < -0.4 is 5.32 Å². The number of amides is 1. The molecule has 0 spiro atoms. The van der Waals surface area contributed by atoms with Gasteiger partial charge in [0, 0.05) is 11.1 Å². The number of aryl methyl sites for hydroxylation is 1. The highest BCUT2D eigenvalue weighted by Crippen LogP contribution is 2.17. The van der Waals surface area contributed by atoms with Gasteiger partial charge in [-0.15, -0.1) is 0 Å². The molecule has 0 radical (unpaired) electrons. The zero-order chi connectivity index (χ0) is 17.1. The van der Waals surface area contributed by atoms with Gasteiger partial charge in [0.2, 0.25) is 0 Å². The van der Waals surface area contributed by atoms with Crippen LogP contribution in [-0.4, -0.2) is 16.0 Å². The van der Waals surface area contributed by atoms with Gasteiger partial charge < -0.3 is 9.84 Å². The normalized spacial score (nSPS) is 10.6. The van der Waals surface area contributed by atoms with E-state index in [4.69, 9.17) is 4.52 Å². The number of aromatic nitrogens is 2. The van der Waals surface area contributed by atoms with Crippen molar-refractivity contribution >= 4 is 5.91 Å². The Hall–Kier alpha value is -3.02. The van der Waals surface area contributed by atoms with Gasteiger partial charge in [-0.05, 0) is 55.3 Å². The minimum Gasteiger partial charge on any atom is -0.345 e. The number of halogens is 1. The van der Waals surface area contributed by atoms with Crippen molar-refractivity contribution in [1.82, 2.24) is 15.5 Å². The molecule has 122 valence electrons. The topological polar surface area (TPSA) is 68.0 Å². The van der Waals surface area contributed by atoms with Crippen LogP contribution >= 0.6 is 0 Å². The molecule has 5 nitrogen and oxygen atoms in total. The van der Waals surface area contributed by atoms with Crippen molar-refractivity contribution < 1.29 is 13.7 Å². The second-order valence-corrected chi connectivity index (χ2v) is 5.45. The average molecular weight is 325 g/mol. The molecule has 1 amide bonds. The number of hydrogen-bond acceptors (Lipinski definition) is 4. The fourth-order valence-electron chi connectivity index (χ4n) is 2.29. The molecule has 0 aliphatic carbocycles. The minimum atomic E-state index is -0.334. The quantitative estimate of drug-likeness (QED) is 0.798. The Bertz CT molecular complexity index is 872. The van der Waals surface area contributed by atoms with E-state index in [1.54, 1.807) is 18.2 Å². The lowest BCUT2D eigenvalue weighted by Gasteiger charge is -2.08. The van der Waals surface area contributed by atoms with Crippen molar-refractivity contribution in [2.24, 2.45) is 0 Å². The second-order valence-electron chi connectivity index (χ2n) is 5.45. The summed E-state index contributed by atoms with van der Waals surface area (Å²) < 4.78 is 18.1. The van der Waals surface area contributed by atoms with Crippen molar-refractivity contribution in [2.75, 3.05) is 0 Å². The van der Waals surface area contributed by atoms with Crippen LogP contribution in [-0.2, 0) is 6.54 Å². The van der Waals surface area contributed by atoms with E-state index >= 15 is 0 Å². The first-order chi connectivity index (χ1) is 11.5. The highest BCUT2D eigenvalue weighted by Gasteiger charge is 2.13. The molecule has 0 bridgehead atoms. The summed E-state index contributed by atoms with van der Waals surface area (Å²) in [7, 11) is 0. The summed E-state index contributed by atoms with van der Waals surface area (Å²) in [5, 5.41) is 6.60. The zero-order valence-electron chi connectivity index (χ0n) is 13.3. The molecule has 0 aliphatic heterocycles. The van der Waals surface area contributed by atoms with Gasteiger partial charge in [-0.3, -0.25) is 4.79 Å². The number of nitrogens with one attached hydrogen (secondary N) is 1. The van der Waals surface area contributed by atoms with Crippen LogP contribution in [0.5, 0.6) is 0 Å². The minimum absolute atomic E-state index is 0.150. The molecule has 1 heterocycles. The van der Waals surface area contributed by atoms with Gasteiger partial charge in [-0.2, -0.15) is 4.98 Å². The molecule has 1 N–H and O–H groups in total. The molecule has 0 saturated heterocycles. The maximum atomic E-state index is 12.9. The number of hydrogen-bond donors (Lipinski definition) is 1. The largest absolute Gasteiger partial charge is 0.345 e. The number of benzene rings is 2. The lowest BCUT2D eigenvalue weighted by atomic mass is 10.0. The first-order valence-electron chi connectivity index (χ1n) is 7.47. The predicted octanol–water partition coefficient (Wildman–Crippen LogP) is 3.42. The summed E-state index contributed by atoms with van der Waals surface area (Å²) in [6, 6.07) is 11.3. The summed E-state index contributed by atoms with van der Waals surface area (Å²) in [6.07, 6.45) is 0. The molecule has 3 aromatic rings. The van der Waals surface area contributed by atoms with Crippen molar-refractivity contribution in [3.8, 4) is 11.5 Å². The highest BCUT2D eigenvalue weighted by molar-refractivity contribution is 5.95. The van der Waals surface area contributed by atoms with E-state index in [0.717, 1.165) is 11.1 Å². The van der Waals surface area contributed by atoms with Gasteiger partial charge in [0.15, 0.2) is 5.82 Å². The Balaban J connectivity index is 1.68. The van der Waals surface area contributed by atoms with Crippen LogP contribution in [0.3, 0.4) is 0 Å². The maximum Gasteiger partial charge on any atom is 0.257 e. The molecule has 24 heavy (non-hydrogen) atoms. The third-order valence-electron chi connectivity index (χ3n) is 3.82. The van der Waals surface area contributed by atoms with E-state index in [1.807, 2.05) is 26.0 Å². The molecule has 0 unspecified atom stereocenters. The third kappa shape index (κ3) is 3.32. The smallest absolute Gasteiger partial charge is 0.257 e. The lowest BCUT2D eigenvalue weighted by Crippen LogP contribution is -2.24. The molecular weight excluding hydrogens is 309 g/mol. The monoisotopic (exact) mass is 325 g/mol. The number of rotatable bonds is 4. The van der Waals surface area contributed by atoms with Crippen LogP contribution in [0, 0.1) is 19.7 Å². The molecule has 3 rings (SSSR count). The van der Waals surface area contributed by atoms with Gasteiger partial charge in [0.05, 0.1) is 6.54 Å². The van der Waals surface area contributed by atoms with Gasteiger partial charge >= 0.3 is 0 Å². The standard InChI is InChI=1S/C18H16FN3O2/c1-11-4-3-5-15(12(11)2)17(23)20-10-16-21-18(24-22-16)13-6-8-14(19)9-7-13/h3-9H,10H2,1-2H3,(H,20,23). The van der Waals surface area contributed by atoms with Crippen LogP contribution in [0.1, 0.15) is 27.3 Å². The molecular formula is C18H16FN3O2. The summed E-state index contributed by atoms with van der Waals surface area (Å²) in [4.78, 5) is 16.5. The van der Waals surface area contributed by atoms with E-state index in [2.05, 4.69) is 15.5 Å². The van der Waals surface area contributed by atoms with E-state index < -0.39 is 0 Å². The Labute approximate surface area is 138 Å². The van der Waals surface area contributed by atoms with Crippen molar-refractivity contribution in [2.45, 2.75) is 20.4 Å². The number of carbonyl (C=O) groups excluding carboxylic acids is 1. The van der Waals surface area contributed by atoms with Crippen LogP contribution in [0.2, 0.25) is 0 Å². The molecule has 2 aromatic carbocycles. The Kier molecular flexibility index (Phi) is 4.37. The van der Waals surface area contributed by atoms with Crippen molar-refractivity contribution in [1.29, 1.82) is 0 Å². The fourth-order valence-corrected chi connectivity index (χ4v) is 2.29. The van der Waals surface area contributed by atoms with Gasteiger partial charge in [-0.25, -0.2) is 4.39 Å². The third-order valence-corrected chi connectivity index (χ3v) is 3.82. The van der Waals surface area contributed by atoms with E-state index in [0.29, 0.717) is 17.0 Å². The van der Waals surface area contributed by atoms with Crippen LogP contribution in [0.4, 0.5) is 4.39 Å². The summed E-state index contributed by atoms with van der Waals surface area (Å²) in [5.74, 6) is 0.113. The summed E-state index contributed by atoms with van der Waals surface area (Å²) >= 11 is 0. The predicted molar refractivity (Wildman–Crippen MR) is 86.8 cm³/mol. The lowest BCUT2D eigenvalue weighted by molar-refractivity contribution is 0.0949.